The van der Waals surface area contributed by atoms with E-state index >= 15 is 0 Å². The maximum absolute atomic E-state index is 12.9. The number of sulfonamides is 1. The molecule has 8 nitrogen and oxygen atoms in total. The molecular weight excluding hydrogens is 442 g/mol. The summed E-state index contributed by atoms with van der Waals surface area (Å²) in [6.45, 7) is 3.60. The number of benzene rings is 3. The molecule has 0 radical (unpaired) electrons. The Labute approximate surface area is 184 Å². The van der Waals surface area contributed by atoms with E-state index in [2.05, 4.69) is 10.0 Å². The van der Waals surface area contributed by atoms with Crippen LogP contribution < -0.4 is 10.0 Å². The lowest BCUT2D eigenvalue weighted by Crippen LogP contribution is -2.17. The van der Waals surface area contributed by atoms with E-state index in [1.807, 2.05) is 13.0 Å². The molecular formula is C21H18ClN3O5S. The standard InChI is InChI=1S/C21H18ClN3O5S/c1-13-6-7-14(2)19(10-13)24-31(29,30)20-11-15(8-9-18(20)22)21(26)23-16-4-3-5-17(12-16)25(27)28/h3-12,24H,1-2H3,(H,23,26). The van der Waals surface area contributed by atoms with Gasteiger partial charge in [0.1, 0.15) is 4.90 Å². The van der Waals surface area contributed by atoms with Crippen LogP contribution in [0.15, 0.2) is 65.6 Å². The molecule has 31 heavy (non-hydrogen) atoms. The quantitative estimate of drug-likeness (QED) is 0.400. The molecule has 0 aliphatic carbocycles. The molecule has 0 aliphatic rings. The molecule has 1 amide bonds. The minimum Gasteiger partial charge on any atom is -0.322 e. The molecule has 0 aromatic heterocycles. The summed E-state index contributed by atoms with van der Waals surface area (Å²) < 4.78 is 28.4. The van der Waals surface area contributed by atoms with Crippen molar-refractivity contribution in [3.63, 3.8) is 0 Å². The first-order valence-electron chi connectivity index (χ1n) is 9.02. The van der Waals surface area contributed by atoms with Gasteiger partial charge in [-0.25, -0.2) is 8.42 Å². The van der Waals surface area contributed by atoms with E-state index in [0.717, 1.165) is 17.2 Å². The lowest BCUT2D eigenvalue weighted by Gasteiger charge is -2.13. The van der Waals surface area contributed by atoms with E-state index in [-0.39, 0.29) is 26.9 Å². The minimum absolute atomic E-state index is 0.0252. The molecule has 0 aliphatic heterocycles. The highest BCUT2D eigenvalue weighted by molar-refractivity contribution is 7.92. The number of nitrogens with zero attached hydrogens (tertiary/aromatic N) is 1. The molecule has 0 atom stereocenters. The number of nitro groups is 1. The lowest BCUT2D eigenvalue weighted by molar-refractivity contribution is -0.384. The average Bonchev–Trinajstić information content (AvgIpc) is 2.71. The molecule has 0 saturated carbocycles. The second kappa shape index (κ2) is 8.75. The van der Waals surface area contributed by atoms with Crippen LogP contribution in [-0.2, 0) is 10.0 Å². The lowest BCUT2D eigenvalue weighted by atomic mass is 10.1. The summed E-state index contributed by atoms with van der Waals surface area (Å²) in [5, 5.41) is 13.4. The maximum atomic E-state index is 12.9. The molecule has 3 rings (SSSR count). The second-order valence-corrected chi connectivity index (χ2v) is 8.89. The van der Waals surface area contributed by atoms with Gasteiger partial charge in [-0.3, -0.25) is 19.6 Å². The van der Waals surface area contributed by atoms with E-state index in [0.29, 0.717) is 5.69 Å². The topological polar surface area (TPSA) is 118 Å². The highest BCUT2D eigenvalue weighted by Crippen LogP contribution is 2.27. The van der Waals surface area contributed by atoms with E-state index < -0.39 is 20.9 Å². The summed E-state index contributed by atoms with van der Waals surface area (Å²) in [6, 6.07) is 14.6. The van der Waals surface area contributed by atoms with Crippen molar-refractivity contribution < 1.29 is 18.1 Å². The third kappa shape index (κ3) is 5.19. The first-order chi connectivity index (χ1) is 14.6. The van der Waals surface area contributed by atoms with Crippen LogP contribution in [0.3, 0.4) is 0 Å². The number of hydrogen-bond acceptors (Lipinski definition) is 5. The molecule has 0 unspecified atom stereocenters. The number of amides is 1. The van der Waals surface area contributed by atoms with Gasteiger partial charge < -0.3 is 5.32 Å². The number of carbonyl (C=O) groups is 1. The monoisotopic (exact) mass is 459 g/mol. The van der Waals surface area contributed by atoms with Crippen LogP contribution in [0.25, 0.3) is 0 Å². The van der Waals surface area contributed by atoms with E-state index in [1.54, 1.807) is 19.1 Å². The van der Waals surface area contributed by atoms with E-state index in [9.17, 15) is 23.3 Å². The summed E-state index contributed by atoms with van der Waals surface area (Å²) >= 11 is 6.11. The number of nitrogens with one attached hydrogen (secondary N) is 2. The van der Waals surface area contributed by atoms with Gasteiger partial charge in [0.25, 0.3) is 21.6 Å². The van der Waals surface area contributed by atoms with E-state index in [1.165, 1.54) is 36.4 Å². The van der Waals surface area contributed by atoms with Crippen LogP contribution >= 0.6 is 11.6 Å². The predicted octanol–water partition coefficient (Wildman–Crippen LogP) is 4.92. The fourth-order valence-electron chi connectivity index (χ4n) is 2.80. The van der Waals surface area contributed by atoms with Gasteiger partial charge >= 0.3 is 0 Å². The summed E-state index contributed by atoms with van der Waals surface area (Å²) in [5.74, 6) is -0.639. The van der Waals surface area contributed by atoms with Crippen LogP contribution in [0, 0.1) is 24.0 Å². The molecule has 10 heteroatoms. The Morgan fingerprint density at radius 2 is 1.77 bits per heavy atom. The van der Waals surface area contributed by atoms with Crippen molar-refractivity contribution in [3.05, 3.63) is 92.5 Å². The van der Waals surface area contributed by atoms with Gasteiger partial charge in [0.2, 0.25) is 0 Å². The highest BCUT2D eigenvalue weighted by Gasteiger charge is 2.21. The van der Waals surface area contributed by atoms with Crippen molar-refractivity contribution in [2.45, 2.75) is 18.7 Å². The zero-order valence-electron chi connectivity index (χ0n) is 16.5. The van der Waals surface area contributed by atoms with Crippen LogP contribution in [-0.4, -0.2) is 19.2 Å². The molecule has 0 fully saturated rings. The van der Waals surface area contributed by atoms with Gasteiger partial charge in [-0.1, -0.05) is 29.8 Å². The molecule has 160 valence electrons. The summed E-state index contributed by atoms with van der Waals surface area (Å²) in [5.41, 5.74) is 2.05. The van der Waals surface area contributed by atoms with Gasteiger partial charge in [-0.2, -0.15) is 0 Å². The van der Waals surface area contributed by atoms with Crippen molar-refractivity contribution in [2.24, 2.45) is 0 Å². The number of hydrogen-bond donors (Lipinski definition) is 2. The number of halogens is 1. The van der Waals surface area contributed by atoms with Crippen molar-refractivity contribution in [2.75, 3.05) is 10.0 Å². The van der Waals surface area contributed by atoms with Crippen molar-refractivity contribution in [1.82, 2.24) is 0 Å². The zero-order valence-corrected chi connectivity index (χ0v) is 18.1. The third-order valence-electron chi connectivity index (χ3n) is 4.44. The summed E-state index contributed by atoms with van der Waals surface area (Å²) in [7, 11) is -4.08. The van der Waals surface area contributed by atoms with Crippen LogP contribution in [0.2, 0.25) is 5.02 Å². The SMILES string of the molecule is Cc1ccc(C)c(NS(=O)(=O)c2cc(C(=O)Nc3cccc([N+](=O)[O-])c3)ccc2Cl)c1. The molecule has 0 bridgehead atoms. The van der Waals surface area contributed by atoms with Gasteiger partial charge in [0, 0.05) is 23.4 Å². The Morgan fingerprint density at radius 1 is 1.03 bits per heavy atom. The second-order valence-electron chi connectivity index (χ2n) is 6.83. The van der Waals surface area contributed by atoms with Gasteiger partial charge in [0.15, 0.2) is 0 Å². The molecule has 0 saturated heterocycles. The first-order valence-corrected chi connectivity index (χ1v) is 10.9. The predicted molar refractivity (Wildman–Crippen MR) is 119 cm³/mol. The Kier molecular flexibility index (Phi) is 6.28. The van der Waals surface area contributed by atoms with E-state index in [4.69, 9.17) is 11.6 Å². The number of anilines is 2. The Morgan fingerprint density at radius 3 is 2.48 bits per heavy atom. The molecule has 0 heterocycles. The Balaban J connectivity index is 1.90. The van der Waals surface area contributed by atoms with Gasteiger partial charge in [-0.05, 0) is 55.3 Å². The third-order valence-corrected chi connectivity index (χ3v) is 6.28. The van der Waals surface area contributed by atoms with Gasteiger partial charge in [-0.15, -0.1) is 0 Å². The molecule has 2 N–H and O–H groups in total. The average molecular weight is 460 g/mol. The number of non-ortho nitro benzene ring substituents is 1. The summed E-state index contributed by atoms with van der Waals surface area (Å²) in [4.78, 5) is 22.7. The molecule has 3 aromatic carbocycles. The fraction of sp³-hybridized carbons (Fsp3) is 0.0952. The van der Waals surface area contributed by atoms with Crippen LogP contribution in [0.5, 0.6) is 0 Å². The Hall–Kier alpha value is -3.43. The Bertz CT molecular complexity index is 1290. The largest absolute Gasteiger partial charge is 0.322 e. The van der Waals surface area contributed by atoms with Crippen molar-refractivity contribution >= 4 is 44.6 Å². The van der Waals surface area contributed by atoms with Crippen LogP contribution in [0.1, 0.15) is 21.5 Å². The fourth-order valence-corrected chi connectivity index (χ4v) is 4.45. The minimum atomic E-state index is -4.08. The first kappa shape index (κ1) is 22.3. The van der Waals surface area contributed by atoms with Gasteiger partial charge in [0.05, 0.1) is 15.6 Å². The molecule has 3 aromatic rings. The normalized spacial score (nSPS) is 11.1. The highest BCUT2D eigenvalue weighted by atomic mass is 35.5. The summed E-state index contributed by atoms with van der Waals surface area (Å²) in [6.07, 6.45) is 0. The number of nitro benzene ring substituents is 1. The van der Waals surface area contributed by atoms with Crippen molar-refractivity contribution in [3.8, 4) is 0 Å². The number of carbonyl (C=O) groups excluding carboxylic acids is 1. The smallest absolute Gasteiger partial charge is 0.271 e. The maximum Gasteiger partial charge on any atom is 0.271 e. The van der Waals surface area contributed by atoms with Crippen LogP contribution in [0.4, 0.5) is 17.1 Å². The number of rotatable bonds is 6. The van der Waals surface area contributed by atoms with Crippen molar-refractivity contribution in [1.29, 1.82) is 0 Å². The molecule has 0 spiro atoms. The zero-order chi connectivity index (χ0) is 22.8. The number of aryl methyl sites for hydroxylation is 2.